The molecule has 2 heterocycles. The minimum Gasteiger partial charge on any atom is -0.378 e. The lowest BCUT2D eigenvalue weighted by Gasteiger charge is -2.32. The van der Waals surface area contributed by atoms with Crippen LogP contribution in [-0.2, 0) is 21.4 Å². The second kappa shape index (κ2) is 6.60. The van der Waals surface area contributed by atoms with Crippen LogP contribution in [-0.4, -0.2) is 50.1 Å². The Morgan fingerprint density at radius 1 is 1.43 bits per heavy atom. The number of nitrogens with one attached hydrogen (secondary N) is 2. The highest BCUT2D eigenvalue weighted by Crippen LogP contribution is 2.21. The Morgan fingerprint density at radius 3 is 3.04 bits per heavy atom. The van der Waals surface area contributed by atoms with Crippen molar-refractivity contribution in [2.24, 2.45) is 0 Å². The van der Waals surface area contributed by atoms with Crippen molar-refractivity contribution in [1.29, 1.82) is 0 Å². The van der Waals surface area contributed by atoms with Crippen LogP contribution in [0.5, 0.6) is 0 Å². The van der Waals surface area contributed by atoms with Crippen molar-refractivity contribution in [3.63, 3.8) is 0 Å². The molecule has 2 aromatic rings. The van der Waals surface area contributed by atoms with E-state index >= 15 is 0 Å². The van der Waals surface area contributed by atoms with Crippen LogP contribution in [0.3, 0.4) is 0 Å². The Hall–Kier alpha value is -1.41. The Morgan fingerprint density at radius 2 is 2.26 bits per heavy atom. The average Bonchev–Trinajstić information content (AvgIpc) is 2.92. The lowest BCUT2D eigenvalue weighted by molar-refractivity contribution is 0.0387. The van der Waals surface area contributed by atoms with Crippen LogP contribution in [0, 0.1) is 6.92 Å². The van der Waals surface area contributed by atoms with Crippen molar-refractivity contribution >= 4 is 21.1 Å². The summed E-state index contributed by atoms with van der Waals surface area (Å²) < 4.78 is 34.3. The number of fused-ring (bicyclic) bond motifs is 1. The lowest BCUT2D eigenvalue weighted by Crippen LogP contribution is -2.51. The maximum atomic E-state index is 12.4. The van der Waals surface area contributed by atoms with E-state index in [0.29, 0.717) is 32.7 Å². The van der Waals surface area contributed by atoms with Gasteiger partial charge in [0.2, 0.25) is 0 Å². The van der Waals surface area contributed by atoms with Crippen molar-refractivity contribution < 1.29 is 13.2 Å². The first kappa shape index (κ1) is 16.4. The molecule has 23 heavy (non-hydrogen) atoms. The van der Waals surface area contributed by atoms with Gasteiger partial charge in [-0.2, -0.15) is 12.7 Å². The van der Waals surface area contributed by atoms with Gasteiger partial charge in [0, 0.05) is 36.2 Å². The summed E-state index contributed by atoms with van der Waals surface area (Å²) in [6, 6.07) is 6.02. The number of aromatic nitrogens is 1. The van der Waals surface area contributed by atoms with E-state index in [9.17, 15) is 8.42 Å². The smallest absolute Gasteiger partial charge is 0.279 e. The van der Waals surface area contributed by atoms with Crippen LogP contribution >= 0.6 is 0 Å². The first-order valence-electron chi connectivity index (χ1n) is 7.89. The molecule has 0 saturated carbocycles. The van der Waals surface area contributed by atoms with Crippen molar-refractivity contribution in [2.45, 2.75) is 26.3 Å². The fraction of sp³-hybridized carbons (Fsp3) is 0.500. The Labute approximate surface area is 137 Å². The summed E-state index contributed by atoms with van der Waals surface area (Å²) in [5.41, 5.74) is 3.44. The Bertz CT molecular complexity index is 785. The standard InChI is InChI=1S/C16H23N3O3S/c1-12-4-3-5-15-14(10-17-16(12)15)6-7-18-23(20,21)19-8-9-22-11-13(19)2/h3-5,10,13,17-18H,6-9,11H2,1-2H3/t13-/m0/s1. The zero-order valence-electron chi connectivity index (χ0n) is 13.5. The first-order valence-corrected chi connectivity index (χ1v) is 9.33. The number of aromatic amines is 1. The molecule has 1 aromatic carbocycles. The number of nitrogens with zero attached hydrogens (tertiary/aromatic N) is 1. The van der Waals surface area contributed by atoms with E-state index in [2.05, 4.69) is 28.8 Å². The summed E-state index contributed by atoms with van der Waals surface area (Å²) >= 11 is 0. The van der Waals surface area contributed by atoms with Gasteiger partial charge in [-0.3, -0.25) is 0 Å². The zero-order valence-corrected chi connectivity index (χ0v) is 14.3. The van der Waals surface area contributed by atoms with Crippen LogP contribution in [0.1, 0.15) is 18.1 Å². The van der Waals surface area contributed by atoms with E-state index in [4.69, 9.17) is 4.74 Å². The SMILES string of the molecule is Cc1cccc2c(CCNS(=O)(=O)N3CCOC[C@@H]3C)c[nH]c12. The molecule has 0 aliphatic carbocycles. The van der Waals surface area contributed by atoms with Crippen LogP contribution < -0.4 is 4.72 Å². The van der Waals surface area contributed by atoms with E-state index in [1.807, 2.05) is 19.2 Å². The number of aryl methyl sites for hydroxylation is 1. The van der Waals surface area contributed by atoms with Crippen molar-refractivity contribution in [3.05, 3.63) is 35.5 Å². The molecular formula is C16H23N3O3S. The number of hydrogen-bond donors (Lipinski definition) is 2. The summed E-state index contributed by atoms with van der Waals surface area (Å²) in [6.45, 7) is 5.61. The molecule has 0 radical (unpaired) electrons. The predicted octanol–water partition coefficient (Wildman–Crippen LogP) is 1.57. The Kier molecular flexibility index (Phi) is 4.72. The third-order valence-corrected chi connectivity index (χ3v) is 6.03. The molecule has 0 unspecified atom stereocenters. The second-order valence-corrected chi connectivity index (χ2v) is 7.70. The third-order valence-electron chi connectivity index (χ3n) is 4.30. The lowest BCUT2D eigenvalue weighted by atomic mass is 10.1. The Balaban J connectivity index is 1.65. The predicted molar refractivity (Wildman–Crippen MR) is 90.6 cm³/mol. The highest BCUT2D eigenvalue weighted by atomic mass is 32.2. The third kappa shape index (κ3) is 3.42. The van der Waals surface area contributed by atoms with Gasteiger partial charge in [0.15, 0.2) is 0 Å². The molecule has 1 aromatic heterocycles. The van der Waals surface area contributed by atoms with Gasteiger partial charge in [-0.1, -0.05) is 18.2 Å². The number of rotatable bonds is 5. The molecular weight excluding hydrogens is 314 g/mol. The summed E-state index contributed by atoms with van der Waals surface area (Å²) in [5.74, 6) is 0. The van der Waals surface area contributed by atoms with Gasteiger partial charge in [0.1, 0.15) is 0 Å². The summed E-state index contributed by atoms with van der Waals surface area (Å²) in [6.07, 6.45) is 2.62. The van der Waals surface area contributed by atoms with E-state index in [1.54, 1.807) is 0 Å². The topological polar surface area (TPSA) is 74.4 Å². The molecule has 0 spiro atoms. The van der Waals surface area contributed by atoms with Gasteiger partial charge in [-0.05, 0) is 31.4 Å². The molecule has 1 aliphatic rings. The number of benzene rings is 1. The normalized spacial score (nSPS) is 20.2. The molecule has 126 valence electrons. The van der Waals surface area contributed by atoms with Gasteiger partial charge in [-0.15, -0.1) is 0 Å². The van der Waals surface area contributed by atoms with E-state index in [0.717, 1.165) is 16.5 Å². The molecule has 1 saturated heterocycles. The van der Waals surface area contributed by atoms with Crippen LogP contribution in [0.4, 0.5) is 0 Å². The van der Waals surface area contributed by atoms with Crippen LogP contribution in [0.2, 0.25) is 0 Å². The largest absolute Gasteiger partial charge is 0.378 e. The first-order chi connectivity index (χ1) is 11.0. The summed E-state index contributed by atoms with van der Waals surface area (Å²) in [4.78, 5) is 3.27. The van der Waals surface area contributed by atoms with E-state index in [-0.39, 0.29) is 6.04 Å². The van der Waals surface area contributed by atoms with Gasteiger partial charge >= 0.3 is 0 Å². The molecule has 7 heteroatoms. The molecule has 1 aliphatic heterocycles. The van der Waals surface area contributed by atoms with Gasteiger partial charge in [-0.25, -0.2) is 4.72 Å². The fourth-order valence-corrected chi connectivity index (χ4v) is 4.41. The zero-order chi connectivity index (χ0) is 16.4. The number of H-pyrrole nitrogens is 1. The molecule has 1 fully saturated rings. The minimum absolute atomic E-state index is 0.128. The number of morpholine rings is 1. The van der Waals surface area contributed by atoms with E-state index < -0.39 is 10.2 Å². The van der Waals surface area contributed by atoms with Gasteiger partial charge in [0.25, 0.3) is 10.2 Å². The minimum atomic E-state index is -3.45. The summed E-state index contributed by atoms with van der Waals surface area (Å²) in [7, 11) is -3.45. The average molecular weight is 337 g/mol. The summed E-state index contributed by atoms with van der Waals surface area (Å²) in [5, 5.41) is 1.16. The number of ether oxygens (including phenoxy) is 1. The maximum absolute atomic E-state index is 12.4. The van der Waals surface area contributed by atoms with Crippen LogP contribution in [0.25, 0.3) is 10.9 Å². The molecule has 3 rings (SSSR count). The number of para-hydroxylation sites is 1. The molecule has 6 nitrogen and oxygen atoms in total. The second-order valence-electron chi connectivity index (χ2n) is 6.00. The van der Waals surface area contributed by atoms with Crippen LogP contribution in [0.15, 0.2) is 24.4 Å². The van der Waals surface area contributed by atoms with Crippen molar-refractivity contribution in [2.75, 3.05) is 26.3 Å². The quantitative estimate of drug-likeness (QED) is 0.870. The fourth-order valence-electron chi connectivity index (χ4n) is 3.04. The van der Waals surface area contributed by atoms with Gasteiger partial charge in [0.05, 0.1) is 13.2 Å². The monoisotopic (exact) mass is 337 g/mol. The van der Waals surface area contributed by atoms with Crippen molar-refractivity contribution in [1.82, 2.24) is 14.0 Å². The van der Waals surface area contributed by atoms with Crippen molar-refractivity contribution in [3.8, 4) is 0 Å². The highest BCUT2D eigenvalue weighted by Gasteiger charge is 2.29. The molecule has 0 bridgehead atoms. The molecule has 2 N–H and O–H groups in total. The molecule has 0 amide bonds. The van der Waals surface area contributed by atoms with Gasteiger partial charge < -0.3 is 9.72 Å². The highest BCUT2D eigenvalue weighted by molar-refractivity contribution is 7.87. The molecule has 1 atom stereocenters. The maximum Gasteiger partial charge on any atom is 0.279 e. The number of hydrogen-bond acceptors (Lipinski definition) is 3. The van der Waals surface area contributed by atoms with E-state index in [1.165, 1.54) is 9.87 Å².